The third-order valence-electron chi connectivity index (χ3n) is 6.32. The molecule has 3 aromatic carbocycles. The Kier molecular flexibility index (Phi) is 6.06. The Morgan fingerprint density at radius 1 is 1.06 bits per heavy atom. The molecule has 0 saturated heterocycles. The molecule has 1 aromatic heterocycles. The predicted octanol–water partition coefficient (Wildman–Crippen LogP) is 6.39. The molecular formula is C29H24ClNO5. The molecule has 1 aliphatic rings. The smallest absolute Gasteiger partial charge is 0.295 e. The maximum absolute atomic E-state index is 13.8. The van der Waals surface area contributed by atoms with Crippen molar-refractivity contribution in [1.29, 1.82) is 0 Å². The maximum atomic E-state index is 13.8. The third-order valence-corrected chi connectivity index (χ3v) is 6.73. The lowest BCUT2D eigenvalue weighted by Crippen LogP contribution is -2.29. The number of halogens is 1. The number of carbonyl (C=O) groups excluding carboxylic acids is 1. The van der Waals surface area contributed by atoms with Crippen LogP contribution in [0.2, 0.25) is 5.02 Å². The third kappa shape index (κ3) is 3.84. The van der Waals surface area contributed by atoms with Gasteiger partial charge in [-0.2, -0.15) is 0 Å². The van der Waals surface area contributed by atoms with Crippen LogP contribution < -0.4 is 19.8 Å². The normalized spacial score (nSPS) is 14.7. The molecule has 1 amide bonds. The van der Waals surface area contributed by atoms with Gasteiger partial charge in [0.1, 0.15) is 12.2 Å². The van der Waals surface area contributed by atoms with E-state index in [1.807, 2.05) is 38.1 Å². The van der Waals surface area contributed by atoms with Crippen molar-refractivity contribution >= 4 is 34.2 Å². The molecule has 0 spiro atoms. The molecule has 5 rings (SSSR count). The highest BCUT2D eigenvalue weighted by molar-refractivity contribution is 6.31. The maximum Gasteiger partial charge on any atom is 0.295 e. The van der Waals surface area contributed by atoms with Gasteiger partial charge in [-0.25, -0.2) is 0 Å². The SMILES string of the molecule is C=CCOc1ccc(C2c3c(oc4ccc(C)cc4c3=O)C(=O)N2c2ccc(C)c(Cl)c2)cc1OC. The van der Waals surface area contributed by atoms with Crippen LogP contribution in [0.4, 0.5) is 5.69 Å². The first kappa shape index (κ1) is 23.7. The molecule has 0 aliphatic carbocycles. The monoisotopic (exact) mass is 501 g/mol. The van der Waals surface area contributed by atoms with Crippen LogP contribution in [-0.2, 0) is 0 Å². The van der Waals surface area contributed by atoms with Gasteiger partial charge in [0.2, 0.25) is 5.76 Å². The zero-order valence-electron chi connectivity index (χ0n) is 20.1. The van der Waals surface area contributed by atoms with Crippen LogP contribution in [0.5, 0.6) is 11.5 Å². The first-order chi connectivity index (χ1) is 17.3. The molecular weight excluding hydrogens is 478 g/mol. The van der Waals surface area contributed by atoms with Gasteiger partial charge in [0.25, 0.3) is 5.91 Å². The van der Waals surface area contributed by atoms with E-state index < -0.39 is 11.9 Å². The molecule has 0 N–H and O–H groups in total. The van der Waals surface area contributed by atoms with Gasteiger partial charge in [-0.1, -0.05) is 48.0 Å². The fourth-order valence-corrected chi connectivity index (χ4v) is 4.70. The number of benzene rings is 3. The van der Waals surface area contributed by atoms with E-state index in [0.717, 1.165) is 11.1 Å². The number of hydrogen-bond donors (Lipinski definition) is 0. The van der Waals surface area contributed by atoms with Crippen molar-refractivity contribution in [2.45, 2.75) is 19.9 Å². The number of ether oxygens (including phenoxy) is 2. The summed E-state index contributed by atoms with van der Waals surface area (Å²) < 4.78 is 17.3. The fraction of sp³-hybridized carbons (Fsp3) is 0.172. The van der Waals surface area contributed by atoms with Crippen LogP contribution in [0.3, 0.4) is 0 Å². The van der Waals surface area contributed by atoms with Crippen LogP contribution in [0.25, 0.3) is 11.0 Å². The van der Waals surface area contributed by atoms with Crippen molar-refractivity contribution in [3.63, 3.8) is 0 Å². The predicted molar refractivity (Wildman–Crippen MR) is 141 cm³/mol. The summed E-state index contributed by atoms with van der Waals surface area (Å²) in [7, 11) is 1.54. The van der Waals surface area contributed by atoms with Gasteiger partial charge < -0.3 is 13.9 Å². The number of carbonyl (C=O) groups is 1. The second-order valence-corrected chi connectivity index (χ2v) is 9.10. The summed E-state index contributed by atoms with van der Waals surface area (Å²) in [6, 6.07) is 15.3. The molecule has 36 heavy (non-hydrogen) atoms. The van der Waals surface area contributed by atoms with Gasteiger partial charge in [0, 0.05) is 10.7 Å². The molecule has 1 aliphatic heterocycles. The summed E-state index contributed by atoms with van der Waals surface area (Å²) in [5.74, 6) is 0.597. The summed E-state index contributed by atoms with van der Waals surface area (Å²) >= 11 is 6.43. The Labute approximate surface area is 213 Å². The summed E-state index contributed by atoms with van der Waals surface area (Å²) in [6.07, 6.45) is 1.64. The average molecular weight is 502 g/mol. The highest BCUT2D eigenvalue weighted by Crippen LogP contribution is 2.44. The van der Waals surface area contributed by atoms with Crippen molar-refractivity contribution in [2.75, 3.05) is 18.6 Å². The lowest BCUT2D eigenvalue weighted by atomic mass is 9.97. The van der Waals surface area contributed by atoms with Crippen molar-refractivity contribution < 1.29 is 18.7 Å². The van der Waals surface area contributed by atoms with Crippen LogP contribution in [0.1, 0.15) is 38.9 Å². The van der Waals surface area contributed by atoms with Gasteiger partial charge in [-0.05, 0) is 61.4 Å². The number of amides is 1. The largest absolute Gasteiger partial charge is 0.493 e. The molecule has 0 bridgehead atoms. The number of fused-ring (bicyclic) bond motifs is 2. The Hall–Kier alpha value is -4.03. The lowest BCUT2D eigenvalue weighted by molar-refractivity contribution is 0.0971. The molecule has 182 valence electrons. The molecule has 0 radical (unpaired) electrons. The van der Waals surface area contributed by atoms with E-state index >= 15 is 0 Å². The Morgan fingerprint density at radius 3 is 2.58 bits per heavy atom. The Bertz CT molecular complexity index is 1590. The molecule has 4 aromatic rings. The van der Waals surface area contributed by atoms with Crippen LogP contribution >= 0.6 is 11.6 Å². The molecule has 1 unspecified atom stereocenters. The van der Waals surface area contributed by atoms with E-state index in [0.29, 0.717) is 45.3 Å². The highest BCUT2D eigenvalue weighted by atomic mass is 35.5. The topological polar surface area (TPSA) is 69.0 Å². The molecule has 0 fully saturated rings. The Balaban J connectivity index is 1.77. The molecule has 7 heteroatoms. The van der Waals surface area contributed by atoms with Crippen molar-refractivity contribution in [2.24, 2.45) is 0 Å². The summed E-state index contributed by atoms with van der Waals surface area (Å²) in [5, 5.41) is 0.939. The van der Waals surface area contributed by atoms with Crippen LogP contribution in [-0.4, -0.2) is 19.6 Å². The van der Waals surface area contributed by atoms with E-state index in [9.17, 15) is 9.59 Å². The molecule has 2 heterocycles. The van der Waals surface area contributed by atoms with E-state index in [2.05, 4.69) is 6.58 Å². The summed E-state index contributed by atoms with van der Waals surface area (Å²) in [6.45, 7) is 7.78. The van der Waals surface area contributed by atoms with Gasteiger partial charge >= 0.3 is 0 Å². The second-order valence-electron chi connectivity index (χ2n) is 8.69. The Morgan fingerprint density at radius 2 is 1.86 bits per heavy atom. The van der Waals surface area contributed by atoms with Gasteiger partial charge in [0.05, 0.1) is 24.1 Å². The minimum absolute atomic E-state index is 0.0176. The van der Waals surface area contributed by atoms with E-state index in [-0.39, 0.29) is 16.8 Å². The molecule has 1 atom stereocenters. The summed E-state index contributed by atoms with van der Waals surface area (Å²) in [5.41, 5.74) is 3.41. The minimum atomic E-state index is -0.755. The second kappa shape index (κ2) is 9.21. The molecule has 6 nitrogen and oxygen atoms in total. The first-order valence-electron chi connectivity index (χ1n) is 11.4. The fourth-order valence-electron chi connectivity index (χ4n) is 4.52. The molecule has 0 saturated carbocycles. The van der Waals surface area contributed by atoms with Gasteiger partial charge in [-0.3, -0.25) is 14.5 Å². The number of anilines is 1. The lowest BCUT2D eigenvalue weighted by Gasteiger charge is -2.26. The van der Waals surface area contributed by atoms with E-state index in [1.54, 1.807) is 41.3 Å². The van der Waals surface area contributed by atoms with Crippen LogP contribution in [0, 0.1) is 13.8 Å². The van der Waals surface area contributed by atoms with Gasteiger partial charge in [0.15, 0.2) is 16.9 Å². The number of methoxy groups -OCH3 is 1. The average Bonchev–Trinajstić information content (AvgIpc) is 3.17. The van der Waals surface area contributed by atoms with Gasteiger partial charge in [-0.15, -0.1) is 0 Å². The first-order valence-corrected chi connectivity index (χ1v) is 11.8. The zero-order valence-corrected chi connectivity index (χ0v) is 20.9. The van der Waals surface area contributed by atoms with E-state index in [1.165, 1.54) is 7.11 Å². The number of aryl methyl sites for hydroxylation is 2. The number of nitrogens with zero attached hydrogens (tertiary/aromatic N) is 1. The summed E-state index contributed by atoms with van der Waals surface area (Å²) in [4.78, 5) is 29.2. The zero-order chi connectivity index (χ0) is 25.6. The van der Waals surface area contributed by atoms with E-state index in [4.69, 9.17) is 25.5 Å². The van der Waals surface area contributed by atoms with Crippen molar-refractivity contribution in [3.05, 3.63) is 111 Å². The van der Waals surface area contributed by atoms with Crippen molar-refractivity contribution in [3.8, 4) is 11.5 Å². The minimum Gasteiger partial charge on any atom is -0.493 e. The number of hydrogen-bond acceptors (Lipinski definition) is 5. The standard InChI is InChI=1S/C29H24ClNO5/c1-5-12-35-23-11-8-18(14-24(23)34-4)26-25-27(32)20-13-16(2)6-10-22(20)36-28(25)29(33)31(26)19-9-7-17(3)21(30)15-19/h5-11,13-15,26H,1,12H2,2-4H3. The number of rotatable bonds is 6. The highest BCUT2D eigenvalue weighted by Gasteiger charge is 2.44. The quantitative estimate of drug-likeness (QED) is 0.286. The van der Waals surface area contributed by atoms with Crippen molar-refractivity contribution in [1.82, 2.24) is 0 Å². The van der Waals surface area contributed by atoms with Crippen LogP contribution in [0.15, 0.2) is 76.5 Å².